The van der Waals surface area contributed by atoms with Gasteiger partial charge in [0.25, 0.3) is 0 Å². The standard InChI is InChI=1S/C38H50ClN3O6S/c1-5-42(33-22-29(37(40)43)16-18-35(33)47-19-7-6-11-28-12-9-13-31(39)21-28)23-30-15-17-32(30)34(46-4)14-8-10-26(2)25-49(45)41-38(44)36-20-27(3)24-48-36/h8-9,12-14,16,18,20-22,24,26,30,32,34H,5-7,10-11,15,17,19,23,25H2,1-4H3,(H2,40,43)(H,41,44)/b14-8+/t26-,30-,32+,34-,49+/m0/s1. The summed E-state index contributed by atoms with van der Waals surface area (Å²) in [4.78, 5) is 26.6. The number of unbranched alkanes of at least 4 members (excludes halogenated alkanes) is 1. The molecule has 5 atom stereocenters. The second-order valence-electron chi connectivity index (χ2n) is 12.9. The summed E-state index contributed by atoms with van der Waals surface area (Å²) in [7, 11) is 1.74. The van der Waals surface area contributed by atoms with Crippen LogP contribution < -0.4 is 20.1 Å². The highest BCUT2D eigenvalue weighted by Crippen LogP contribution is 2.41. The van der Waals surface area contributed by atoms with Gasteiger partial charge in [0.1, 0.15) is 11.5 Å². The van der Waals surface area contributed by atoms with Crippen LogP contribution in [0.1, 0.15) is 78.0 Å². The monoisotopic (exact) mass is 711 g/mol. The SMILES string of the molecule is CCN(C[C@@H]1CC[C@H]1[C@H](/C=C/C[C@H](C)C[S@@+]([O-])NC(=O)c1cc(C)co1)OC)c1cc(C(N)=O)ccc1OCCCCc1cccc(Cl)c1. The van der Waals surface area contributed by atoms with Crippen molar-refractivity contribution in [3.8, 4) is 5.75 Å². The first-order valence-corrected chi connectivity index (χ1v) is 18.8. The molecule has 1 fully saturated rings. The topological polar surface area (TPSA) is 130 Å². The summed E-state index contributed by atoms with van der Waals surface area (Å²) in [5, 5.41) is 0.749. The summed E-state index contributed by atoms with van der Waals surface area (Å²) in [6.07, 6.45) is 11.3. The molecule has 0 aliphatic heterocycles. The number of hydrogen-bond acceptors (Lipinski definition) is 7. The Morgan fingerprint density at radius 2 is 2.02 bits per heavy atom. The number of allylic oxidation sites excluding steroid dienone is 1. The third-order valence-electron chi connectivity index (χ3n) is 9.06. The van der Waals surface area contributed by atoms with Crippen molar-refractivity contribution in [2.24, 2.45) is 23.5 Å². The number of primary amides is 1. The molecule has 266 valence electrons. The Morgan fingerprint density at radius 3 is 2.67 bits per heavy atom. The number of benzene rings is 2. The van der Waals surface area contributed by atoms with Crippen molar-refractivity contribution < 1.29 is 28.0 Å². The smallest absolute Gasteiger partial charge is 0.327 e. The first kappa shape index (κ1) is 38.4. The fraction of sp³-hybridized carbons (Fsp3) is 0.474. The highest BCUT2D eigenvalue weighted by Gasteiger charge is 2.37. The van der Waals surface area contributed by atoms with Gasteiger partial charge in [-0.1, -0.05) is 42.8 Å². The Balaban J connectivity index is 1.30. The number of amides is 2. The van der Waals surface area contributed by atoms with Crippen molar-refractivity contribution in [3.05, 3.63) is 94.4 Å². The lowest BCUT2D eigenvalue weighted by Gasteiger charge is -2.43. The molecule has 9 nitrogen and oxygen atoms in total. The summed E-state index contributed by atoms with van der Waals surface area (Å²) in [5.41, 5.74) is 9.04. The molecule has 0 unspecified atom stereocenters. The van der Waals surface area contributed by atoms with E-state index in [4.69, 9.17) is 31.2 Å². The van der Waals surface area contributed by atoms with Crippen LogP contribution in [0.2, 0.25) is 5.02 Å². The van der Waals surface area contributed by atoms with Gasteiger partial charge in [-0.05, 0) is 112 Å². The third-order valence-corrected chi connectivity index (χ3v) is 10.6. The average Bonchev–Trinajstić information content (AvgIpc) is 3.50. The number of halogens is 1. The van der Waals surface area contributed by atoms with Gasteiger partial charge >= 0.3 is 5.91 Å². The molecule has 0 saturated heterocycles. The molecule has 11 heteroatoms. The van der Waals surface area contributed by atoms with Crippen molar-refractivity contribution in [2.45, 2.75) is 65.4 Å². The van der Waals surface area contributed by atoms with Crippen molar-refractivity contribution in [3.63, 3.8) is 0 Å². The first-order chi connectivity index (χ1) is 23.6. The summed E-state index contributed by atoms with van der Waals surface area (Å²) in [5.74, 6) is 1.11. The fourth-order valence-electron chi connectivity index (χ4n) is 6.19. The molecular formula is C38H50ClN3O6S. The number of nitrogens with one attached hydrogen (secondary N) is 1. The number of ether oxygens (including phenoxy) is 2. The predicted molar refractivity (Wildman–Crippen MR) is 197 cm³/mol. The fourth-order valence-corrected chi connectivity index (χ4v) is 7.45. The first-order valence-electron chi connectivity index (χ1n) is 17.1. The normalized spacial score (nSPS) is 17.7. The van der Waals surface area contributed by atoms with Crippen LogP contribution in [0.15, 0.2) is 71.4 Å². The molecule has 1 aliphatic rings. The maximum Gasteiger partial charge on any atom is 0.327 e. The van der Waals surface area contributed by atoms with E-state index in [1.165, 1.54) is 11.8 Å². The van der Waals surface area contributed by atoms with Crippen LogP contribution >= 0.6 is 11.6 Å². The Morgan fingerprint density at radius 1 is 1.20 bits per heavy atom. The molecule has 1 saturated carbocycles. The van der Waals surface area contributed by atoms with Gasteiger partial charge in [0, 0.05) is 36.7 Å². The van der Waals surface area contributed by atoms with E-state index in [0.29, 0.717) is 36.2 Å². The van der Waals surface area contributed by atoms with Crippen LogP contribution in [-0.2, 0) is 22.5 Å². The molecule has 0 radical (unpaired) electrons. The number of nitrogens with two attached hydrogens (primary N) is 1. The molecule has 49 heavy (non-hydrogen) atoms. The van der Waals surface area contributed by atoms with Crippen molar-refractivity contribution >= 4 is 40.5 Å². The van der Waals surface area contributed by atoms with Gasteiger partial charge in [0.05, 0.1) is 36.0 Å². The zero-order valence-electron chi connectivity index (χ0n) is 29.0. The molecule has 1 heterocycles. The van der Waals surface area contributed by atoms with Gasteiger partial charge in [-0.25, -0.2) is 0 Å². The largest absolute Gasteiger partial charge is 0.593 e. The average molecular weight is 712 g/mol. The Labute approximate surface area is 298 Å². The molecule has 1 aromatic heterocycles. The van der Waals surface area contributed by atoms with E-state index in [9.17, 15) is 14.1 Å². The zero-order chi connectivity index (χ0) is 35.3. The van der Waals surface area contributed by atoms with E-state index >= 15 is 0 Å². The Kier molecular flexibility index (Phi) is 14.9. The third kappa shape index (κ3) is 11.6. The lowest BCUT2D eigenvalue weighted by atomic mass is 9.70. The minimum absolute atomic E-state index is 0.0516. The van der Waals surface area contributed by atoms with E-state index < -0.39 is 23.2 Å². The zero-order valence-corrected chi connectivity index (χ0v) is 30.6. The second kappa shape index (κ2) is 19.1. The minimum Gasteiger partial charge on any atom is -0.593 e. The van der Waals surface area contributed by atoms with Gasteiger partial charge in [-0.15, -0.1) is 0 Å². The van der Waals surface area contributed by atoms with Crippen LogP contribution in [0.4, 0.5) is 5.69 Å². The van der Waals surface area contributed by atoms with Crippen LogP contribution in [0, 0.1) is 24.7 Å². The number of nitrogens with zero attached hydrogens (tertiary/aromatic N) is 1. The quantitative estimate of drug-likeness (QED) is 0.0716. The van der Waals surface area contributed by atoms with E-state index in [2.05, 4.69) is 34.8 Å². The summed E-state index contributed by atoms with van der Waals surface area (Å²) in [6.45, 7) is 8.05. The van der Waals surface area contributed by atoms with Crippen molar-refractivity contribution in [1.29, 1.82) is 0 Å². The number of carbonyl (C=O) groups is 2. The van der Waals surface area contributed by atoms with Crippen molar-refractivity contribution in [2.75, 3.05) is 37.5 Å². The highest BCUT2D eigenvalue weighted by atomic mass is 35.5. The van der Waals surface area contributed by atoms with Crippen LogP contribution in [0.5, 0.6) is 5.75 Å². The molecule has 2 aromatic carbocycles. The maximum atomic E-state index is 12.5. The number of furan rings is 1. The molecule has 1 aliphatic carbocycles. The molecule has 0 bridgehead atoms. The number of aryl methyl sites for hydroxylation is 2. The van der Waals surface area contributed by atoms with Gasteiger partial charge in [-0.3, -0.25) is 9.59 Å². The summed E-state index contributed by atoms with van der Waals surface area (Å²) >= 11 is 4.62. The lowest BCUT2D eigenvalue weighted by Crippen LogP contribution is -2.43. The minimum atomic E-state index is -1.51. The number of carbonyl (C=O) groups excluding carboxylic acids is 2. The van der Waals surface area contributed by atoms with E-state index in [1.54, 1.807) is 19.2 Å². The Hall–Kier alpha value is -3.44. The number of anilines is 1. The van der Waals surface area contributed by atoms with Crippen LogP contribution in [0.25, 0.3) is 0 Å². The molecule has 0 spiro atoms. The predicted octanol–water partition coefficient (Wildman–Crippen LogP) is 7.29. The van der Waals surface area contributed by atoms with E-state index in [0.717, 1.165) is 67.2 Å². The van der Waals surface area contributed by atoms with Crippen LogP contribution in [-0.4, -0.2) is 55.0 Å². The van der Waals surface area contributed by atoms with E-state index in [-0.39, 0.29) is 17.8 Å². The van der Waals surface area contributed by atoms with Gasteiger partial charge in [-0.2, -0.15) is 4.72 Å². The molecular weight excluding hydrogens is 662 g/mol. The molecule has 3 N–H and O–H groups in total. The summed E-state index contributed by atoms with van der Waals surface area (Å²) < 4.78 is 32.5. The van der Waals surface area contributed by atoms with Gasteiger partial charge < -0.3 is 29.1 Å². The molecule has 4 rings (SSSR count). The highest BCUT2D eigenvalue weighted by molar-refractivity contribution is 7.90. The van der Waals surface area contributed by atoms with Gasteiger partial charge in [0.2, 0.25) is 5.91 Å². The van der Waals surface area contributed by atoms with Crippen LogP contribution in [0.3, 0.4) is 0 Å². The second-order valence-corrected chi connectivity index (χ2v) is 14.6. The number of rotatable bonds is 20. The van der Waals surface area contributed by atoms with E-state index in [1.807, 2.05) is 44.2 Å². The lowest BCUT2D eigenvalue weighted by molar-refractivity contribution is 0.0135. The molecule has 2 amide bonds. The van der Waals surface area contributed by atoms with Gasteiger partial charge in [0.15, 0.2) is 5.76 Å². The number of methoxy groups -OCH3 is 1. The number of hydrogen-bond donors (Lipinski definition) is 2. The summed E-state index contributed by atoms with van der Waals surface area (Å²) in [6, 6.07) is 15.0. The Bertz CT molecular complexity index is 1550. The molecule has 3 aromatic rings. The van der Waals surface area contributed by atoms with Crippen molar-refractivity contribution in [1.82, 2.24) is 4.72 Å². The maximum absolute atomic E-state index is 12.5.